The van der Waals surface area contributed by atoms with Gasteiger partial charge in [0, 0.05) is 19.3 Å². The Morgan fingerprint density at radius 1 is 1.67 bits per heavy atom. The van der Waals surface area contributed by atoms with E-state index in [0.717, 1.165) is 0 Å². The lowest BCUT2D eigenvalue weighted by atomic mass is 10.1. The molecule has 1 aliphatic rings. The average Bonchev–Trinajstić information content (AvgIpc) is 2.74. The summed E-state index contributed by atoms with van der Waals surface area (Å²) in [5.41, 5.74) is 5.49. The molecular weight excluding hydrogens is 234 g/mol. The number of rotatable bonds is 3. The van der Waals surface area contributed by atoms with E-state index >= 15 is 0 Å². The molecule has 0 aliphatic carbocycles. The predicted octanol–water partition coefficient (Wildman–Crippen LogP) is -0.798. The Morgan fingerprint density at radius 2 is 2.44 bits per heavy atom. The Hall–Kier alpha value is -2.05. The molecular formula is C11H17N5O2. The molecule has 0 bridgehead atoms. The second-order valence-corrected chi connectivity index (χ2v) is 4.24. The van der Waals surface area contributed by atoms with E-state index in [1.165, 1.54) is 4.68 Å². The third-order valence-corrected chi connectivity index (χ3v) is 3.00. The molecule has 0 saturated carbocycles. The maximum atomic E-state index is 12.1. The highest BCUT2D eigenvalue weighted by Gasteiger charge is 2.31. The van der Waals surface area contributed by atoms with Crippen LogP contribution in [0.25, 0.3) is 0 Å². The van der Waals surface area contributed by atoms with Crippen LogP contribution in [-0.2, 0) is 16.1 Å². The minimum atomic E-state index is -0.376. The van der Waals surface area contributed by atoms with E-state index < -0.39 is 0 Å². The summed E-state index contributed by atoms with van der Waals surface area (Å²) in [7, 11) is 0. The van der Waals surface area contributed by atoms with Crippen LogP contribution in [0.15, 0.2) is 12.3 Å². The normalized spacial score (nSPS) is 19.7. The number of anilines is 1. The summed E-state index contributed by atoms with van der Waals surface area (Å²) >= 11 is 0. The van der Waals surface area contributed by atoms with Crippen LogP contribution in [0, 0.1) is 0 Å². The summed E-state index contributed by atoms with van der Waals surface area (Å²) in [4.78, 5) is 25.4. The summed E-state index contributed by atoms with van der Waals surface area (Å²) in [5, 5.41) is 6.72. The Balaban J connectivity index is 2.05. The van der Waals surface area contributed by atoms with Crippen molar-refractivity contribution in [3.8, 4) is 0 Å². The molecule has 7 nitrogen and oxygen atoms in total. The monoisotopic (exact) mass is 251 g/mol. The summed E-state index contributed by atoms with van der Waals surface area (Å²) in [6, 6.07) is 1.26. The minimum Gasteiger partial charge on any atom is -0.382 e. The van der Waals surface area contributed by atoms with Gasteiger partial charge in [0.1, 0.15) is 18.4 Å². The van der Waals surface area contributed by atoms with E-state index in [1.54, 1.807) is 17.2 Å². The van der Waals surface area contributed by atoms with Crippen molar-refractivity contribution in [3.63, 3.8) is 0 Å². The number of nitrogen functional groups attached to an aromatic ring is 1. The third kappa shape index (κ3) is 2.44. The molecule has 1 aromatic rings. The molecule has 98 valence electrons. The van der Waals surface area contributed by atoms with Gasteiger partial charge in [-0.25, -0.2) is 0 Å². The van der Waals surface area contributed by atoms with Crippen molar-refractivity contribution in [1.82, 2.24) is 20.0 Å². The summed E-state index contributed by atoms with van der Waals surface area (Å²) in [6.07, 6.45) is 2.26. The fourth-order valence-electron chi connectivity index (χ4n) is 2.11. The molecule has 1 saturated heterocycles. The van der Waals surface area contributed by atoms with Crippen molar-refractivity contribution in [2.75, 3.05) is 18.8 Å². The fourth-order valence-corrected chi connectivity index (χ4v) is 2.11. The van der Waals surface area contributed by atoms with Crippen molar-refractivity contribution in [3.05, 3.63) is 12.3 Å². The Morgan fingerprint density at radius 3 is 3.06 bits per heavy atom. The fraction of sp³-hybridized carbons (Fsp3) is 0.545. The van der Waals surface area contributed by atoms with E-state index in [4.69, 9.17) is 5.73 Å². The number of nitrogens with one attached hydrogen (secondary N) is 1. The molecule has 2 heterocycles. The topological polar surface area (TPSA) is 93.2 Å². The van der Waals surface area contributed by atoms with Gasteiger partial charge in [0.2, 0.25) is 11.8 Å². The maximum absolute atomic E-state index is 12.1. The lowest BCUT2D eigenvalue weighted by Crippen LogP contribution is -2.57. The summed E-state index contributed by atoms with van der Waals surface area (Å²) < 4.78 is 1.48. The van der Waals surface area contributed by atoms with Gasteiger partial charge in [0.15, 0.2) is 0 Å². The molecule has 2 rings (SSSR count). The van der Waals surface area contributed by atoms with Crippen molar-refractivity contribution >= 4 is 17.6 Å². The van der Waals surface area contributed by atoms with Crippen molar-refractivity contribution in [2.45, 2.75) is 25.9 Å². The van der Waals surface area contributed by atoms with Crippen LogP contribution in [0.4, 0.5) is 5.82 Å². The lowest BCUT2D eigenvalue weighted by molar-refractivity contribution is -0.143. The molecule has 1 atom stereocenters. The smallest absolute Gasteiger partial charge is 0.245 e. The number of carbonyl (C=O) groups is 2. The second kappa shape index (κ2) is 5.07. The first-order chi connectivity index (χ1) is 8.61. The SMILES string of the molecule is CCC1C(=O)NCCN1C(=O)Cn1ccc(N)n1. The van der Waals surface area contributed by atoms with E-state index in [1.807, 2.05) is 6.92 Å². The van der Waals surface area contributed by atoms with Crippen molar-refractivity contribution < 1.29 is 9.59 Å². The predicted molar refractivity (Wildman–Crippen MR) is 65.4 cm³/mol. The standard InChI is InChI=1S/C11H17N5O2/c1-2-8-11(18)13-4-6-16(8)10(17)7-15-5-3-9(12)14-15/h3,5,8H,2,4,6-7H2,1H3,(H2,12,14)(H,13,18). The van der Waals surface area contributed by atoms with E-state index in [0.29, 0.717) is 25.3 Å². The number of piperazine rings is 1. The van der Waals surface area contributed by atoms with Crippen molar-refractivity contribution in [1.29, 1.82) is 0 Å². The van der Waals surface area contributed by atoms with E-state index in [2.05, 4.69) is 10.4 Å². The molecule has 1 fully saturated rings. The molecule has 7 heteroatoms. The average molecular weight is 251 g/mol. The molecule has 0 spiro atoms. The first-order valence-corrected chi connectivity index (χ1v) is 5.98. The van der Waals surface area contributed by atoms with Gasteiger partial charge >= 0.3 is 0 Å². The van der Waals surface area contributed by atoms with Crippen LogP contribution >= 0.6 is 0 Å². The zero-order valence-electron chi connectivity index (χ0n) is 10.3. The maximum Gasteiger partial charge on any atom is 0.245 e. The lowest BCUT2D eigenvalue weighted by Gasteiger charge is -2.34. The van der Waals surface area contributed by atoms with Gasteiger partial charge in [-0.3, -0.25) is 14.3 Å². The molecule has 0 radical (unpaired) electrons. The Kier molecular flexibility index (Phi) is 3.50. The molecule has 18 heavy (non-hydrogen) atoms. The molecule has 1 aromatic heterocycles. The van der Waals surface area contributed by atoms with Crippen LogP contribution in [0.1, 0.15) is 13.3 Å². The van der Waals surface area contributed by atoms with E-state index in [-0.39, 0.29) is 24.4 Å². The van der Waals surface area contributed by atoms with Crippen LogP contribution in [-0.4, -0.2) is 45.6 Å². The Labute approximate surface area is 105 Å². The number of aromatic nitrogens is 2. The summed E-state index contributed by atoms with van der Waals surface area (Å²) in [6.45, 7) is 3.05. The number of carbonyl (C=O) groups excluding carboxylic acids is 2. The van der Waals surface area contributed by atoms with Gasteiger partial charge in [-0.2, -0.15) is 5.10 Å². The van der Waals surface area contributed by atoms with Gasteiger partial charge in [0.05, 0.1) is 0 Å². The highest BCUT2D eigenvalue weighted by molar-refractivity contribution is 5.88. The van der Waals surface area contributed by atoms with Crippen LogP contribution in [0.3, 0.4) is 0 Å². The van der Waals surface area contributed by atoms with E-state index in [9.17, 15) is 9.59 Å². The van der Waals surface area contributed by atoms with Crippen LogP contribution in [0.2, 0.25) is 0 Å². The molecule has 3 N–H and O–H groups in total. The number of hydrogen-bond donors (Lipinski definition) is 2. The van der Waals surface area contributed by atoms with Gasteiger partial charge in [-0.1, -0.05) is 6.92 Å². The van der Waals surface area contributed by atoms with Gasteiger partial charge < -0.3 is 16.0 Å². The zero-order valence-corrected chi connectivity index (χ0v) is 10.3. The zero-order chi connectivity index (χ0) is 13.1. The quantitative estimate of drug-likeness (QED) is 0.735. The molecule has 2 amide bonds. The van der Waals surface area contributed by atoms with Crippen molar-refractivity contribution in [2.24, 2.45) is 0 Å². The second-order valence-electron chi connectivity index (χ2n) is 4.24. The number of hydrogen-bond acceptors (Lipinski definition) is 4. The number of amides is 2. The first-order valence-electron chi connectivity index (χ1n) is 5.98. The van der Waals surface area contributed by atoms with Crippen LogP contribution in [0.5, 0.6) is 0 Å². The molecule has 1 unspecified atom stereocenters. The highest BCUT2D eigenvalue weighted by atomic mass is 16.2. The number of nitrogens with zero attached hydrogens (tertiary/aromatic N) is 3. The third-order valence-electron chi connectivity index (χ3n) is 3.00. The Bertz CT molecular complexity index is 456. The summed E-state index contributed by atoms with van der Waals surface area (Å²) in [5.74, 6) is 0.183. The first kappa shape index (κ1) is 12.4. The van der Waals surface area contributed by atoms with Gasteiger partial charge in [-0.15, -0.1) is 0 Å². The minimum absolute atomic E-state index is 0.0860. The van der Waals surface area contributed by atoms with Gasteiger partial charge in [0.25, 0.3) is 0 Å². The van der Waals surface area contributed by atoms with Gasteiger partial charge in [-0.05, 0) is 12.5 Å². The highest BCUT2D eigenvalue weighted by Crippen LogP contribution is 2.09. The van der Waals surface area contributed by atoms with Crippen LogP contribution < -0.4 is 11.1 Å². The molecule has 0 aromatic carbocycles. The largest absolute Gasteiger partial charge is 0.382 e. The number of nitrogens with two attached hydrogens (primary N) is 1. The molecule has 1 aliphatic heterocycles.